The van der Waals surface area contributed by atoms with E-state index in [4.69, 9.17) is 13.9 Å². The highest BCUT2D eigenvalue weighted by molar-refractivity contribution is 5.89. The van der Waals surface area contributed by atoms with Crippen LogP contribution in [0.3, 0.4) is 0 Å². The average Bonchev–Trinajstić information content (AvgIpc) is 3.66. The second-order valence-electron chi connectivity index (χ2n) is 11.6. The Bertz CT molecular complexity index is 1880. The maximum Gasteiger partial charge on any atom is 0.250 e. The van der Waals surface area contributed by atoms with Gasteiger partial charge in [0.05, 0.1) is 13.7 Å². The number of pyridine rings is 1. The number of fused-ring (bicyclic) bond motifs is 8. The number of nitrogens with zero attached hydrogens (tertiary/aromatic N) is 3. The summed E-state index contributed by atoms with van der Waals surface area (Å²) in [5.74, 6) is 0.719. The van der Waals surface area contributed by atoms with Gasteiger partial charge in [-0.05, 0) is 61.7 Å². The molecule has 13 heteroatoms. The number of hydrogen-bond donors (Lipinski definition) is 3. The first-order chi connectivity index (χ1) is 22.7. The van der Waals surface area contributed by atoms with Gasteiger partial charge in [0, 0.05) is 49.8 Å². The highest BCUT2D eigenvalue weighted by Crippen LogP contribution is 2.39. The minimum Gasteiger partial charge on any atom is -0.504 e. The summed E-state index contributed by atoms with van der Waals surface area (Å²) in [7, 11) is 1.51. The number of aryl methyl sites for hydroxylation is 3. The number of amides is 3. The first-order valence-corrected chi connectivity index (χ1v) is 15.3. The summed E-state index contributed by atoms with van der Waals surface area (Å²) in [4.78, 5) is 58.1. The molecule has 2 aromatic carbocycles. The molecule has 3 N–H and O–H groups in total. The number of methoxy groups -OCH3 is 1. The number of phenolic OH excluding ortho intramolecular Hbond substituents is 1. The molecule has 2 aromatic heterocycles. The van der Waals surface area contributed by atoms with Crippen molar-refractivity contribution in [2.75, 3.05) is 13.7 Å². The molecule has 0 aliphatic carbocycles. The van der Waals surface area contributed by atoms with Gasteiger partial charge >= 0.3 is 0 Å². The van der Waals surface area contributed by atoms with Gasteiger partial charge in [0.2, 0.25) is 23.6 Å². The lowest BCUT2D eigenvalue weighted by Crippen LogP contribution is -2.46. The number of ether oxygens (including phenoxy) is 2. The highest BCUT2D eigenvalue weighted by Gasteiger charge is 2.40. The molecule has 0 radical (unpaired) electrons. The molecular formula is C34H35N5O8. The number of hydrogen-bond acceptors (Lipinski definition) is 9. The van der Waals surface area contributed by atoms with E-state index in [1.807, 2.05) is 0 Å². The molecule has 2 aliphatic heterocycles. The van der Waals surface area contributed by atoms with Crippen LogP contribution in [-0.2, 0) is 33.9 Å². The van der Waals surface area contributed by atoms with Crippen LogP contribution in [0.4, 0.5) is 0 Å². The van der Waals surface area contributed by atoms with Crippen LogP contribution < -0.4 is 25.7 Å². The first-order valence-electron chi connectivity index (χ1n) is 15.3. The number of nitrogens with one attached hydrogen (secondary N) is 2. The van der Waals surface area contributed by atoms with Crippen LogP contribution in [0.2, 0.25) is 0 Å². The Morgan fingerprint density at radius 3 is 2.77 bits per heavy atom. The van der Waals surface area contributed by atoms with Gasteiger partial charge in [-0.1, -0.05) is 12.1 Å². The number of carbonyl (C=O) groups is 3. The maximum absolute atomic E-state index is 13.6. The lowest BCUT2D eigenvalue weighted by atomic mass is 10.1. The molecule has 0 spiro atoms. The topological polar surface area (TPSA) is 165 Å². The molecule has 6 bridgehead atoms. The van der Waals surface area contributed by atoms with E-state index >= 15 is 0 Å². The molecule has 0 saturated carbocycles. The van der Waals surface area contributed by atoms with Gasteiger partial charge in [0.25, 0.3) is 5.56 Å². The van der Waals surface area contributed by atoms with Crippen LogP contribution in [0.1, 0.15) is 36.3 Å². The minimum absolute atomic E-state index is 0.0630. The molecule has 3 amide bonds. The Kier molecular flexibility index (Phi) is 8.96. The van der Waals surface area contributed by atoms with Crippen LogP contribution in [0.5, 0.6) is 23.0 Å². The van der Waals surface area contributed by atoms with E-state index in [9.17, 15) is 24.3 Å². The van der Waals surface area contributed by atoms with Crippen LogP contribution in [0.15, 0.2) is 70.0 Å². The molecule has 4 aromatic rings. The minimum atomic E-state index is -0.821. The zero-order valence-electron chi connectivity index (χ0n) is 26.0. The third-order valence-corrected chi connectivity index (χ3v) is 8.37. The van der Waals surface area contributed by atoms with Crippen LogP contribution in [-0.4, -0.2) is 63.0 Å². The fourth-order valence-corrected chi connectivity index (χ4v) is 5.83. The van der Waals surface area contributed by atoms with E-state index in [1.165, 1.54) is 28.7 Å². The zero-order valence-corrected chi connectivity index (χ0v) is 26.0. The van der Waals surface area contributed by atoms with Crippen LogP contribution in [0, 0.1) is 6.92 Å². The van der Waals surface area contributed by atoms with Crippen molar-refractivity contribution in [1.82, 2.24) is 25.1 Å². The predicted molar refractivity (Wildman–Crippen MR) is 169 cm³/mol. The van der Waals surface area contributed by atoms with E-state index in [0.29, 0.717) is 40.8 Å². The fourth-order valence-electron chi connectivity index (χ4n) is 5.83. The van der Waals surface area contributed by atoms with Crippen molar-refractivity contribution in [3.8, 4) is 34.5 Å². The lowest BCUT2D eigenvalue weighted by molar-refractivity contribution is -0.138. The monoisotopic (exact) mass is 641 g/mol. The standard InChI is InChI=1S/C34H35N5O8/c1-20-24-18-35-33(44)25-17-23(36-30(41)12-14-38-13-4-3-5-31(38)42)19-39(25)32(43)11-7-21-6-9-26(40)28(15-21)47-29-16-22(34(37-24)46-20)8-10-27(29)45-2/h3-6,8-10,13,15-16,23,25,40H,7,11-12,14,17-19H2,1-2H3,(H,35,44)(H,36,41)/t23-,25-/m0/s1. The summed E-state index contributed by atoms with van der Waals surface area (Å²) >= 11 is 0. The van der Waals surface area contributed by atoms with E-state index in [1.54, 1.807) is 55.6 Å². The van der Waals surface area contributed by atoms with Gasteiger partial charge < -0.3 is 39.1 Å². The van der Waals surface area contributed by atoms with Crippen molar-refractivity contribution in [2.45, 2.75) is 57.8 Å². The van der Waals surface area contributed by atoms with E-state index in [-0.39, 0.29) is 73.7 Å². The maximum atomic E-state index is 13.6. The Labute approximate surface area is 270 Å². The van der Waals surface area contributed by atoms with Crippen LogP contribution in [0.25, 0.3) is 11.5 Å². The Morgan fingerprint density at radius 2 is 1.96 bits per heavy atom. The Morgan fingerprint density at radius 1 is 1.11 bits per heavy atom. The molecule has 47 heavy (non-hydrogen) atoms. The smallest absolute Gasteiger partial charge is 0.250 e. The SMILES string of the molecule is COc1ccc2cc1Oc1cc(ccc1O)CCC(=O)N1C[C@@H](NC(=O)CCn3ccccc3=O)C[C@H]1C(=O)NCc1nc-2oc1C. The summed E-state index contributed by atoms with van der Waals surface area (Å²) in [5, 5.41) is 16.4. The van der Waals surface area contributed by atoms with Gasteiger partial charge in [-0.3, -0.25) is 19.2 Å². The van der Waals surface area contributed by atoms with Crippen molar-refractivity contribution in [2.24, 2.45) is 0 Å². The molecule has 0 unspecified atom stereocenters. The number of benzene rings is 2. The molecule has 6 rings (SSSR count). The molecule has 13 nitrogen and oxygen atoms in total. The van der Waals surface area contributed by atoms with Crippen LogP contribution >= 0.6 is 0 Å². The van der Waals surface area contributed by atoms with Crippen molar-refractivity contribution < 1.29 is 33.4 Å². The zero-order chi connectivity index (χ0) is 33.1. The van der Waals surface area contributed by atoms with E-state index in [2.05, 4.69) is 15.6 Å². The van der Waals surface area contributed by atoms with Crippen molar-refractivity contribution in [3.63, 3.8) is 0 Å². The molecule has 2 aliphatic rings. The van der Waals surface area contributed by atoms with Gasteiger partial charge in [-0.15, -0.1) is 0 Å². The Hall–Kier alpha value is -5.59. The third-order valence-electron chi connectivity index (χ3n) is 8.37. The number of carbonyl (C=O) groups excluding carboxylic acids is 3. The van der Waals surface area contributed by atoms with Crippen molar-refractivity contribution in [1.29, 1.82) is 0 Å². The van der Waals surface area contributed by atoms with Crippen molar-refractivity contribution in [3.05, 3.63) is 88.2 Å². The number of rotatable bonds is 5. The molecule has 4 heterocycles. The number of oxazole rings is 1. The number of aromatic hydroxyl groups is 1. The predicted octanol–water partition coefficient (Wildman–Crippen LogP) is 3.06. The molecule has 1 saturated heterocycles. The first kappa shape index (κ1) is 31.4. The molecule has 244 valence electrons. The van der Waals surface area contributed by atoms with Gasteiger partial charge in [0.1, 0.15) is 17.5 Å². The summed E-state index contributed by atoms with van der Waals surface area (Å²) in [6.45, 7) is 2.16. The summed E-state index contributed by atoms with van der Waals surface area (Å²) in [6, 6.07) is 13.5. The quantitative estimate of drug-likeness (QED) is 0.297. The van der Waals surface area contributed by atoms with Gasteiger partial charge in [-0.25, -0.2) is 4.98 Å². The number of phenols is 1. The molecular weight excluding hydrogens is 606 g/mol. The third kappa shape index (κ3) is 6.98. The normalized spacial score (nSPS) is 18.0. The van der Waals surface area contributed by atoms with Crippen molar-refractivity contribution >= 4 is 17.7 Å². The van der Waals surface area contributed by atoms with E-state index < -0.39 is 12.1 Å². The second kappa shape index (κ2) is 13.4. The highest BCUT2D eigenvalue weighted by atomic mass is 16.5. The van der Waals surface area contributed by atoms with Gasteiger partial charge in [-0.2, -0.15) is 0 Å². The second-order valence-corrected chi connectivity index (χ2v) is 11.6. The average molecular weight is 642 g/mol. The Balaban J connectivity index is 1.25. The fraction of sp³-hybridized carbons (Fsp3) is 0.324. The lowest BCUT2D eigenvalue weighted by Gasteiger charge is -2.24. The summed E-state index contributed by atoms with van der Waals surface area (Å²) in [6.07, 6.45) is 2.31. The number of aromatic nitrogens is 2. The molecule has 2 atom stereocenters. The van der Waals surface area contributed by atoms with E-state index in [0.717, 1.165) is 5.56 Å². The van der Waals surface area contributed by atoms with Gasteiger partial charge in [0.15, 0.2) is 23.0 Å². The largest absolute Gasteiger partial charge is 0.504 e. The molecule has 1 fully saturated rings. The summed E-state index contributed by atoms with van der Waals surface area (Å²) < 4.78 is 19.0. The summed E-state index contributed by atoms with van der Waals surface area (Å²) in [5.41, 5.74) is 1.64.